The molecule has 0 bridgehead atoms. The van der Waals surface area contributed by atoms with Crippen molar-refractivity contribution in [2.45, 2.75) is 13.0 Å². The average Bonchev–Trinajstić information content (AvgIpc) is 2.18. The van der Waals surface area contributed by atoms with E-state index >= 15 is 0 Å². The summed E-state index contributed by atoms with van der Waals surface area (Å²) in [5.41, 5.74) is 0.496. The highest BCUT2D eigenvalue weighted by atomic mass is 79.9. The Kier molecular flexibility index (Phi) is 4.68. The zero-order valence-corrected chi connectivity index (χ0v) is 9.34. The number of alkyl halides is 3. The van der Waals surface area contributed by atoms with Gasteiger partial charge in [-0.15, -0.1) is 0 Å². The van der Waals surface area contributed by atoms with Crippen molar-refractivity contribution in [1.29, 1.82) is 0 Å². The molecule has 0 atom stereocenters. The van der Waals surface area contributed by atoms with Gasteiger partial charge in [0.1, 0.15) is 5.75 Å². The SMILES string of the molecule is O=C(CCBr)c1ccc(OC(F)F)cc1. The van der Waals surface area contributed by atoms with E-state index in [9.17, 15) is 13.6 Å². The van der Waals surface area contributed by atoms with Gasteiger partial charge in [-0.05, 0) is 24.3 Å². The summed E-state index contributed by atoms with van der Waals surface area (Å²) < 4.78 is 27.8. The van der Waals surface area contributed by atoms with Crippen LogP contribution in [0.25, 0.3) is 0 Å². The average molecular weight is 279 g/mol. The van der Waals surface area contributed by atoms with Crippen molar-refractivity contribution >= 4 is 21.7 Å². The topological polar surface area (TPSA) is 26.3 Å². The van der Waals surface area contributed by atoms with Crippen LogP contribution in [0.3, 0.4) is 0 Å². The number of hydrogen-bond acceptors (Lipinski definition) is 2. The van der Waals surface area contributed by atoms with E-state index in [0.717, 1.165) is 0 Å². The summed E-state index contributed by atoms with van der Waals surface area (Å²) in [4.78, 5) is 11.4. The van der Waals surface area contributed by atoms with Crippen molar-refractivity contribution in [1.82, 2.24) is 0 Å². The summed E-state index contributed by atoms with van der Waals surface area (Å²) in [6, 6.07) is 5.66. The molecule has 0 radical (unpaired) electrons. The molecule has 0 aliphatic heterocycles. The standard InChI is InChI=1S/C10H9BrF2O2/c11-6-5-9(14)7-1-3-8(4-2-7)15-10(12)13/h1-4,10H,5-6H2. The smallest absolute Gasteiger partial charge is 0.387 e. The van der Waals surface area contributed by atoms with E-state index in [-0.39, 0.29) is 11.5 Å². The predicted molar refractivity (Wildman–Crippen MR) is 55.8 cm³/mol. The minimum absolute atomic E-state index is 0.0320. The van der Waals surface area contributed by atoms with Crippen LogP contribution in [-0.4, -0.2) is 17.7 Å². The van der Waals surface area contributed by atoms with Crippen LogP contribution >= 0.6 is 15.9 Å². The van der Waals surface area contributed by atoms with Gasteiger partial charge in [0.15, 0.2) is 5.78 Å². The van der Waals surface area contributed by atoms with Crippen LogP contribution in [0.5, 0.6) is 5.75 Å². The van der Waals surface area contributed by atoms with E-state index in [2.05, 4.69) is 20.7 Å². The lowest BCUT2D eigenvalue weighted by atomic mass is 10.1. The van der Waals surface area contributed by atoms with Gasteiger partial charge in [-0.25, -0.2) is 0 Å². The third kappa shape index (κ3) is 3.95. The molecule has 15 heavy (non-hydrogen) atoms. The first-order valence-electron chi connectivity index (χ1n) is 4.27. The molecule has 5 heteroatoms. The number of carbonyl (C=O) groups is 1. The molecule has 0 saturated heterocycles. The first-order valence-corrected chi connectivity index (χ1v) is 5.39. The Balaban J connectivity index is 2.67. The molecule has 1 aromatic carbocycles. The molecule has 1 aromatic rings. The van der Waals surface area contributed by atoms with Crippen LogP contribution in [-0.2, 0) is 0 Å². The Morgan fingerprint density at radius 2 is 1.93 bits per heavy atom. The van der Waals surface area contributed by atoms with E-state index in [4.69, 9.17) is 0 Å². The Labute approximate surface area is 94.4 Å². The first-order chi connectivity index (χ1) is 7.13. The van der Waals surface area contributed by atoms with Gasteiger partial charge in [0.25, 0.3) is 0 Å². The summed E-state index contributed by atoms with van der Waals surface area (Å²) in [6.07, 6.45) is 0.384. The predicted octanol–water partition coefficient (Wildman–Crippen LogP) is 3.26. The molecule has 82 valence electrons. The fraction of sp³-hybridized carbons (Fsp3) is 0.300. The number of carbonyl (C=O) groups excluding carboxylic acids is 1. The summed E-state index contributed by atoms with van der Waals surface area (Å²) >= 11 is 3.15. The molecule has 0 saturated carbocycles. The third-order valence-electron chi connectivity index (χ3n) is 1.72. The normalized spacial score (nSPS) is 10.4. The van der Waals surface area contributed by atoms with Gasteiger partial charge in [0, 0.05) is 17.3 Å². The van der Waals surface area contributed by atoms with E-state index in [1.807, 2.05) is 0 Å². The molecule has 0 aliphatic rings. The maximum absolute atomic E-state index is 11.8. The molecule has 0 aliphatic carbocycles. The highest BCUT2D eigenvalue weighted by molar-refractivity contribution is 9.09. The number of ketones is 1. The van der Waals surface area contributed by atoms with Crippen LogP contribution in [0.4, 0.5) is 8.78 Å². The second kappa shape index (κ2) is 5.80. The van der Waals surface area contributed by atoms with E-state index in [1.165, 1.54) is 24.3 Å². The maximum Gasteiger partial charge on any atom is 0.387 e. The Bertz CT molecular complexity index is 325. The Hall–Kier alpha value is -0.970. The molecule has 0 N–H and O–H groups in total. The zero-order valence-electron chi connectivity index (χ0n) is 7.75. The van der Waals surface area contributed by atoms with Gasteiger partial charge in [0.05, 0.1) is 0 Å². The largest absolute Gasteiger partial charge is 0.435 e. The minimum Gasteiger partial charge on any atom is -0.435 e. The van der Waals surface area contributed by atoms with Crippen LogP contribution in [0.2, 0.25) is 0 Å². The molecule has 0 spiro atoms. The molecule has 0 amide bonds. The third-order valence-corrected chi connectivity index (χ3v) is 2.12. The Morgan fingerprint density at radius 1 is 1.33 bits per heavy atom. The Morgan fingerprint density at radius 3 is 2.40 bits per heavy atom. The van der Waals surface area contributed by atoms with Crippen LogP contribution < -0.4 is 4.74 Å². The van der Waals surface area contributed by atoms with E-state index < -0.39 is 6.61 Å². The fourth-order valence-corrected chi connectivity index (χ4v) is 1.41. The van der Waals surface area contributed by atoms with Crippen molar-refractivity contribution in [3.8, 4) is 5.75 Å². The monoisotopic (exact) mass is 278 g/mol. The molecule has 0 aromatic heterocycles. The van der Waals surface area contributed by atoms with Gasteiger partial charge in [0.2, 0.25) is 0 Å². The second-order valence-electron chi connectivity index (χ2n) is 2.77. The molecule has 1 rings (SSSR count). The number of benzene rings is 1. The summed E-state index contributed by atoms with van der Waals surface area (Å²) in [6.45, 7) is -2.84. The summed E-state index contributed by atoms with van der Waals surface area (Å²) in [5.74, 6) is 0.0239. The van der Waals surface area contributed by atoms with Gasteiger partial charge < -0.3 is 4.74 Å². The van der Waals surface area contributed by atoms with Crippen LogP contribution in [0.1, 0.15) is 16.8 Å². The molecular formula is C10H9BrF2O2. The first kappa shape index (κ1) is 12.1. The molecular weight excluding hydrogens is 270 g/mol. The van der Waals surface area contributed by atoms with Gasteiger partial charge in [-0.3, -0.25) is 4.79 Å². The number of rotatable bonds is 5. The molecule has 0 fully saturated rings. The molecule has 2 nitrogen and oxygen atoms in total. The highest BCUT2D eigenvalue weighted by Gasteiger charge is 2.07. The summed E-state index contributed by atoms with van der Waals surface area (Å²) in [5, 5.41) is 0.584. The lowest BCUT2D eigenvalue weighted by molar-refractivity contribution is -0.0498. The lowest BCUT2D eigenvalue weighted by Gasteiger charge is -2.04. The maximum atomic E-state index is 11.8. The highest BCUT2D eigenvalue weighted by Crippen LogP contribution is 2.15. The number of ether oxygens (including phenoxy) is 1. The van der Waals surface area contributed by atoms with Crippen LogP contribution in [0.15, 0.2) is 24.3 Å². The van der Waals surface area contributed by atoms with E-state index in [1.54, 1.807) is 0 Å². The van der Waals surface area contributed by atoms with Gasteiger partial charge in [-0.1, -0.05) is 15.9 Å². The van der Waals surface area contributed by atoms with Crippen molar-refractivity contribution in [3.63, 3.8) is 0 Å². The quantitative estimate of drug-likeness (QED) is 0.611. The van der Waals surface area contributed by atoms with Crippen molar-refractivity contribution in [2.24, 2.45) is 0 Å². The number of Topliss-reactive ketones (excluding diaryl/α,β-unsaturated/α-hetero) is 1. The van der Waals surface area contributed by atoms with Crippen LogP contribution in [0, 0.1) is 0 Å². The van der Waals surface area contributed by atoms with Crippen molar-refractivity contribution in [2.75, 3.05) is 5.33 Å². The fourth-order valence-electron chi connectivity index (χ4n) is 1.05. The second-order valence-corrected chi connectivity index (χ2v) is 3.56. The van der Waals surface area contributed by atoms with Crippen molar-refractivity contribution < 1.29 is 18.3 Å². The van der Waals surface area contributed by atoms with Gasteiger partial charge in [-0.2, -0.15) is 8.78 Å². The minimum atomic E-state index is -2.84. The molecule has 0 heterocycles. The summed E-state index contributed by atoms with van der Waals surface area (Å²) in [7, 11) is 0. The number of hydrogen-bond donors (Lipinski definition) is 0. The number of halogens is 3. The van der Waals surface area contributed by atoms with Gasteiger partial charge >= 0.3 is 6.61 Å². The lowest BCUT2D eigenvalue weighted by Crippen LogP contribution is -2.03. The zero-order chi connectivity index (χ0) is 11.3. The molecule has 0 unspecified atom stereocenters. The van der Waals surface area contributed by atoms with E-state index in [0.29, 0.717) is 17.3 Å². The van der Waals surface area contributed by atoms with Crippen molar-refractivity contribution in [3.05, 3.63) is 29.8 Å².